The number of carbonyl (C=O) groups excluding carboxylic acids is 3. The number of hydrogen-bond acceptors (Lipinski definition) is 19. The number of anilines is 5. The average molecular weight is 1470 g/mol. The number of amides is 2. The van der Waals surface area contributed by atoms with Gasteiger partial charge in [-0.05, 0) is 48.6 Å². The third-order valence-electron chi connectivity index (χ3n) is 18.9. The molecule has 2 unspecified atom stereocenters. The number of esters is 1. The number of nitrogens with one attached hydrogen (secondary N) is 2. The number of morpholine rings is 1. The van der Waals surface area contributed by atoms with Crippen molar-refractivity contribution in [1.82, 2.24) is 59.5 Å². The molecular formula is C80H97ClN18O8. The van der Waals surface area contributed by atoms with Gasteiger partial charge in [0, 0.05) is 139 Å². The van der Waals surface area contributed by atoms with Gasteiger partial charge in [-0.2, -0.15) is 25.5 Å². The number of nitrogens with two attached hydrogens (primary N) is 1. The summed E-state index contributed by atoms with van der Waals surface area (Å²) in [6.45, 7) is 16.2. The number of fused-ring (bicyclic) bond motifs is 1. The van der Waals surface area contributed by atoms with Crippen LogP contribution >= 0.6 is 11.6 Å². The minimum atomic E-state index is -0.624. The Balaban J connectivity index is 0.000000126. The average Bonchev–Trinajstić information content (AvgIpc) is 1.67. The molecule has 0 radical (unpaired) electrons. The van der Waals surface area contributed by atoms with Crippen molar-refractivity contribution in [3.05, 3.63) is 253 Å². The molecule has 5 saturated heterocycles. The fraction of sp³-hybridized carbons (Fsp3) is 0.375. The van der Waals surface area contributed by atoms with Gasteiger partial charge in [0.05, 0.1) is 75.6 Å². The third-order valence-corrected chi connectivity index (χ3v) is 19.1. The van der Waals surface area contributed by atoms with Crippen molar-refractivity contribution >= 4 is 58.5 Å². The van der Waals surface area contributed by atoms with Gasteiger partial charge in [0.15, 0.2) is 29.1 Å². The van der Waals surface area contributed by atoms with Crippen LogP contribution in [0.5, 0.6) is 0 Å². The molecule has 6 aliphatic rings. The van der Waals surface area contributed by atoms with Gasteiger partial charge in [0.2, 0.25) is 11.8 Å². The van der Waals surface area contributed by atoms with Crippen LogP contribution in [0.2, 0.25) is 0 Å². The summed E-state index contributed by atoms with van der Waals surface area (Å²) in [5.74, 6) is 3.69. The zero-order chi connectivity index (χ0) is 74.7. The van der Waals surface area contributed by atoms with E-state index in [1.54, 1.807) is 0 Å². The molecule has 5 aromatic heterocycles. The molecule has 6 aliphatic heterocycles. The first-order valence-electron chi connectivity index (χ1n) is 36.4. The molecular weight excluding hydrogens is 1380 g/mol. The summed E-state index contributed by atoms with van der Waals surface area (Å²) in [6.07, 6.45) is 12.9. The first kappa shape index (κ1) is 76.1. The van der Waals surface area contributed by atoms with Crippen LogP contribution in [0.4, 0.5) is 29.1 Å². The van der Waals surface area contributed by atoms with E-state index in [2.05, 4.69) is 137 Å². The topological polar surface area (TPSA) is 286 Å². The number of aromatic nitrogens is 10. The van der Waals surface area contributed by atoms with Crippen LogP contribution < -0.4 is 40.9 Å². The number of β-amino-alcohol motifs (C(OH)–C–C–N with tert-alkyl or cyclic N) is 3. The molecule has 27 heteroatoms. The molecule has 7 N–H and O–H groups in total. The maximum absolute atomic E-state index is 12.0. The number of alkyl halides is 1. The van der Waals surface area contributed by atoms with E-state index in [0.717, 1.165) is 74.9 Å². The Morgan fingerprint density at radius 2 is 0.860 bits per heavy atom. The lowest BCUT2D eigenvalue weighted by atomic mass is 10.0. The second-order valence-electron chi connectivity index (χ2n) is 28.5. The quantitative estimate of drug-likeness (QED) is 0.0280. The number of aliphatic hydroxyl groups is 3. The number of aliphatic hydroxyl groups excluding tert-OH is 3. The lowest BCUT2D eigenvalue weighted by Gasteiger charge is -2.24. The van der Waals surface area contributed by atoms with E-state index in [1.807, 2.05) is 193 Å². The summed E-state index contributed by atoms with van der Waals surface area (Å²) in [5, 5.41) is 58.7. The highest BCUT2D eigenvalue weighted by molar-refractivity contribution is 6.27. The standard InChI is InChI=1S/C20H27N3O3.C16H19ClN4O2.C16H18N4O2.C14H18N4O.C14H15N3/c1-20(2,3)26-19(25)11-16-13-22(14-17(16)24)18-9-10-23(21-18)12-15-7-5-4-6-8-15;17-8-16(23)18-13-10-20(11-14(13)22)15-6-7-21(19-15)9-12-4-2-1-3-5-12;21-16-11-22-14-10-19(9-13(14)17-16)15-6-7-20(18-15)8-12-4-2-1-3-5-12;15-12-9-17(10-13(12)19)14-6-7-18(16-14)8-11-4-2-1-3-5-11;1-2-6-13(7-3-1)12-17-11-8-14(15-17)16-9-4-5-10-16/h4-10,16-17,24H,11-14H2,1-3H3;1-7,13-14,22H,8-11H2,(H,18,23);1-7,13-14H,8-11H2,(H,17,21);1-7,12-13,19H,8-10,15H2;1-8,11H,9-10,12H2/t16?,17-;2*13-,14+;12?,13-;/m1001./s1. The van der Waals surface area contributed by atoms with Crippen LogP contribution in [0.1, 0.15) is 55.0 Å². The zero-order valence-corrected chi connectivity index (χ0v) is 61.5. The number of carbonyl (C=O) groups is 3. The van der Waals surface area contributed by atoms with Crippen LogP contribution in [0, 0.1) is 5.92 Å². The Morgan fingerprint density at radius 1 is 0.495 bits per heavy atom. The van der Waals surface area contributed by atoms with Gasteiger partial charge in [0.25, 0.3) is 0 Å². The number of ether oxygens (including phenoxy) is 2. The monoisotopic (exact) mass is 1470 g/mol. The van der Waals surface area contributed by atoms with Crippen LogP contribution in [0.15, 0.2) is 225 Å². The number of nitrogens with zero attached hydrogens (tertiary/aromatic N) is 15. The van der Waals surface area contributed by atoms with Gasteiger partial charge >= 0.3 is 5.97 Å². The van der Waals surface area contributed by atoms with Gasteiger partial charge in [-0.25, -0.2) is 0 Å². The van der Waals surface area contributed by atoms with E-state index in [1.165, 1.54) is 27.8 Å². The lowest BCUT2D eigenvalue weighted by molar-refractivity contribution is -0.156. The highest BCUT2D eigenvalue weighted by Crippen LogP contribution is 2.28. The SMILES string of the molecule is C1=CCN(c2ccn(Cc3ccccc3)n2)C1.CC(C)(C)OC(=O)CC1CN(c2ccn(Cc3ccccc3)n2)C[C@H]1O.NC1CN(c2ccn(Cc3ccccc3)n2)C[C@H]1O.O=C(CCl)N[C@H]1CN(c2ccn(Cc3ccccc3)n2)C[C@H]1O.O=C1CO[C@@H]2CN(c3ccn(Cc4ccccc4)n3)C[C@@H]2N1. The Bertz CT molecular complexity index is 4400. The van der Waals surface area contributed by atoms with Crippen molar-refractivity contribution < 1.29 is 39.2 Å². The molecule has 11 heterocycles. The lowest BCUT2D eigenvalue weighted by Crippen LogP contribution is -2.50. The van der Waals surface area contributed by atoms with Crippen molar-refractivity contribution in [3.8, 4) is 0 Å². The second-order valence-corrected chi connectivity index (χ2v) is 28.8. The summed E-state index contributed by atoms with van der Waals surface area (Å²) in [7, 11) is 0. The van der Waals surface area contributed by atoms with E-state index >= 15 is 0 Å². The molecule has 8 atom stereocenters. The van der Waals surface area contributed by atoms with Crippen LogP contribution in [-0.4, -0.2) is 208 Å². The summed E-state index contributed by atoms with van der Waals surface area (Å²) in [5.41, 5.74) is 11.4. The van der Waals surface area contributed by atoms with Crippen molar-refractivity contribution in [2.75, 3.05) is 102 Å². The third kappa shape index (κ3) is 22.2. The predicted molar refractivity (Wildman–Crippen MR) is 413 cm³/mol. The van der Waals surface area contributed by atoms with Crippen molar-refractivity contribution in [1.29, 1.82) is 0 Å². The fourth-order valence-electron chi connectivity index (χ4n) is 13.5. The molecule has 26 nitrogen and oxygen atoms in total. The van der Waals surface area contributed by atoms with Crippen molar-refractivity contribution in [3.63, 3.8) is 0 Å². The molecule has 0 saturated carbocycles. The van der Waals surface area contributed by atoms with Crippen LogP contribution in [-0.2, 0) is 56.6 Å². The summed E-state index contributed by atoms with van der Waals surface area (Å²) >= 11 is 5.49. The van der Waals surface area contributed by atoms with E-state index < -0.39 is 23.9 Å². The molecule has 0 aliphatic carbocycles. The molecule has 5 fully saturated rings. The maximum Gasteiger partial charge on any atom is 0.306 e. The first-order valence-corrected chi connectivity index (χ1v) is 37.0. The normalized spacial score (nSPS) is 20.7. The second kappa shape index (κ2) is 36.6. The number of rotatable bonds is 19. The molecule has 107 heavy (non-hydrogen) atoms. The van der Waals surface area contributed by atoms with E-state index in [9.17, 15) is 29.7 Å². The molecule has 10 aromatic rings. The van der Waals surface area contributed by atoms with Gasteiger partial charge in [-0.15, -0.1) is 11.6 Å². The Hall–Kier alpha value is -10.6. The minimum absolute atomic E-state index is 0.0299. The van der Waals surface area contributed by atoms with Crippen molar-refractivity contribution in [2.45, 2.75) is 108 Å². The van der Waals surface area contributed by atoms with Crippen molar-refractivity contribution in [2.24, 2.45) is 11.7 Å². The van der Waals surface area contributed by atoms with Crippen LogP contribution in [0.25, 0.3) is 0 Å². The number of halogens is 1. The molecule has 2 amide bonds. The maximum atomic E-state index is 12.0. The predicted octanol–water partition coefficient (Wildman–Crippen LogP) is 6.68. The van der Waals surface area contributed by atoms with Gasteiger partial charge < -0.3 is 65.7 Å². The summed E-state index contributed by atoms with van der Waals surface area (Å²) in [6, 6.07) is 60.6. The molecule has 16 rings (SSSR count). The van der Waals surface area contributed by atoms with Crippen LogP contribution in [0.3, 0.4) is 0 Å². The first-order chi connectivity index (χ1) is 51.9. The fourth-order valence-corrected chi connectivity index (χ4v) is 13.5. The highest BCUT2D eigenvalue weighted by Gasteiger charge is 2.40. The van der Waals surface area contributed by atoms with Gasteiger partial charge in [-0.3, -0.25) is 37.8 Å². The zero-order valence-electron chi connectivity index (χ0n) is 60.8. The summed E-state index contributed by atoms with van der Waals surface area (Å²) in [4.78, 5) is 45.2. The Morgan fingerprint density at radius 3 is 1.24 bits per heavy atom. The Kier molecular flexibility index (Phi) is 26.0. The number of hydrogen-bond donors (Lipinski definition) is 6. The number of benzene rings is 5. The largest absolute Gasteiger partial charge is 0.460 e. The molecule has 0 bridgehead atoms. The summed E-state index contributed by atoms with van der Waals surface area (Å²) < 4.78 is 20.5. The Labute approximate surface area is 629 Å². The molecule has 5 aromatic carbocycles. The smallest absolute Gasteiger partial charge is 0.306 e. The van der Waals surface area contributed by atoms with Gasteiger partial charge in [0.1, 0.15) is 18.1 Å². The molecule has 0 spiro atoms. The van der Waals surface area contributed by atoms with E-state index in [4.69, 9.17) is 26.8 Å². The van der Waals surface area contributed by atoms with E-state index in [-0.39, 0.29) is 66.8 Å². The minimum Gasteiger partial charge on any atom is -0.460 e. The van der Waals surface area contributed by atoms with E-state index in [0.29, 0.717) is 52.4 Å². The highest BCUT2D eigenvalue weighted by atomic mass is 35.5. The van der Waals surface area contributed by atoms with Gasteiger partial charge in [-0.1, -0.05) is 164 Å². The molecule has 562 valence electrons.